The molecule has 0 unspecified atom stereocenters. The van der Waals surface area contributed by atoms with Crippen LogP contribution in [-0.4, -0.2) is 43.8 Å². The van der Waals surface area contributed by atoms with Crippen LogP contribution in [-0.2, 0) is 32.6 Å². The molecule has 1 aliphatic carbocycles. The van der Waals surface area contributed by atoms with E-state index in [1.165, 1.54) is 21.3 Å². The van der Waals surface area contributed by atoms with E-state index in [1.54, 1.807) is 30.3 Å². The number of nitrogens with zero attached hydrogens (tertiary/aromatic N) is 2. The van der Waals surface area contributed by atoms with E-state index in [1.807, 2.05) is 74.5 Å². The molecule has 0 aromatic heterocycles. The van der Waals surface area contributed by atoms with Crippen LogP contribution in [0.25, 0.3) is 0 Å². The van der Waals surface area contributed by atoms with Crippen molar-refractivity contribution in [3.05, 3.63) is 130 Å². The van der Waals surface area contributed by atoms with Crippen molar-refractivity contribution in [2.24, 2.45) is 0 Å². The lowest BCUT2D eigenvalue weighted by Gasteiger charge is -2.35. The Balaban J connectivity index is 1.59. The van der Waals surface area contributed by atoms with Crippen LogP contribution < -0.4 is 9.62 Å². The van der Waals surface area contributed by atoms with Gasteiger partial charge in [-0.3, -0.25) is 13.9 Å². The van der Waals surface area contributed by atoms with Crippen LogP contribution in [0.4, 0.5) is 5.69 Å². The third-order valence-corrected chi connectivity index (χ3v) is 10.9. The first kappa shape index (κ1) is 34.2. The lowest BCUT2D eigenvalue weighted by Crippen LogP contribution is -2.55. The highest BCUT2D eigenvalue weighted by molar-refractivity contribution is 7.92. The lowest BCUT2D eigenvalue weighted by molar-refractivity contribution is -0.140. The zero-order chi connectivity index (χ0) is 33.4. The van der Waals surface area contributed by atoms with E-state index in [9.17, 15) is 18.0 Å². The standard InChI is InChI=1S/C38H42ClN3O4S/c1-28-22-23-29(2)35(24-28)42(47(45,46)33-19-10-5-11-20-33)27-37(43)41(26-31-16-12-13-21-34(31)39)36(25-30-14-6-3-7-15-30)38(44)40-32-17-8-4-9-18-32/h3,5-7,10-16,19-24,32,36H,4,8-9,17-18,25-27H2,1-2H3,(H,40,44)/t36-/m0/s1. The second kappa shape index (κ2) is 15.6. The van der Waals surface area contributed by atoms with Crippen LogP contribution in [0.15, 0.2) is 108 Å². The highest BCUT2D eigenvalue weighted by Gasteiger charge is 2.36. The molecule has 246 valence electrons. The van der Waals surface area contributed by atoms with Gasteiger partial charge in [-0.25, -0.2) is 8.42 Å². The summed E-state index contributed by atoms with van der Waals surface area (Å²) in [5.41, 5.74) is 3.52. The number of nitrogens with one attached hydrogen (secondary N) is 1. The minimum absolute atomic E-state index is 0.0247. The molecule has 0 radical (unpaired) electrons. The summed E-state index contributed by atoms with van der Waals surface area (Å²) in [7, 11) is -4.17. The fourth-order valence-electron chi connectivity index (χ4n) is 6.13. The highest BCUT2D eigenvalue weighted by atomic mass is 35.5. The molecule has 4 aromatic carbocycles. The molecule has 1 fully saturated rings. The van der Waals surface area contributed by atoms with Gasteiger partial charge in [-0.1, -0.05) is 110 Å². The minimum atomic E-state index is -4.17. The van der Waals surface area contributed by atoms with E-state index in [2.05, 4.69) is 5.32 Å². The first-order chi connectivity index (χ1) is 22.6. The molecule has 1 N–H and O–H groups in total. The molecule has 47 heavy (non-hydrogen) atoms. The number of hydrogen-bond acceptors (Lipinski definition) is 4. The monoisotopic (exact) mass is 671 g/mol. The topological polar surface area (TPSA) is 86.8 Å². The van der Waals surface area contributed by atoms with Crippen molar-refractivity contribution in [3.63, 3.8) is 0 Å². The minimum Gasteiger partial charge on any atom is -0.352 e. The van der Waals surface area contributed by atoms with Gasteiger partial charge < -0.3 is 10.2 Å². The third-order valence-electron chi connectivity index (χ3n) is 8.76. The fourth-order valence-corrected chi connectivity index (χ4v) is 7.82. The van der Waals surface area contributed by atoms with Gasteiger partial charge in [-0.05, 0) is 73.2 Å². The Hall–Kier alpha value is -4.14. The van der Waals surface area contributed by atoms with E-state index in [0.717, 1.165) is 43.2 Å². The van der Waals surface area contributed by atoms with Gasteiger partial charge in [0, 0.05) is 24.0 Å². The molecular formula is C38H42ClN3O4S. The average Bonchev–Trinajstić information content (AvgIpc) is 3.08. The number of carbonyl (C=O) groups is 2. The molecule has 1 saturated carbocycles. The first-order valence-corrected chi connectivity index (χ1v) is 18.0. The summed E-state index contributed by atoms with van der Waals surface area (Å²) in [6.07, 6.45) is 5.25. The van der Waals surface area contributed by atoms with Crippen molar-refractivity contribution >= 4 is 39.1 Å². The van der Waals surface area contributed by atoms with Crippen molar-refractivity contribution < 1.29 is 18.0 Å². The van der Waals surface area contributed by atoms with Crippen molar-refractivity contribution in [3.8, 4) is 0 Å². The number of anilines is 1. The summed E-state index contributed by atoms with van der Waals surface area (Å²) in [4.78, 5) is 30.6. The Labute approximate surface area is 283 Å². The van der Waals surface area contributed by atoms with Crippen LogP contribution in [0.5, 0.6) is 0 Å². The average molecular weight is 672 g/mol. The predicted molar refractivity (Wildman–Crippen MR) is 188 cm³/mol. The zero-order valence-electron chi connectivity index (χ0n) is 26.9. The Morgan fingerprint density at radius 3 is 2.17 bits per heavy atom. The molecule has 4 aromatic rings. The SMILES string of the molecule is Cc1ccc(C)c(N(CC(=O)N(Cc2ccccc2Cl)[C@@H](Cc2ccccc2)C(=O)NC2CCCCC2)S(=O)(=O)c2ccccc2)c1. The summed E-state index contributed by atoms with van der Waals surface area (Å²) in [5.74, 6) is -0.768. The van der Waals surface area contributed by atoms with Gasteiger partial charge in [0.25, 0.3) is 10.0 Å². The molecule has 0 spiro atoms. The van der Waals surface area contributed by atoms with Crippen molar-refractivity contribution in [1.29, 1.82) is 0 Å². The normalized spacial score (nSPS) is 14.3. The summed E-state index contributed by atoms with van der Waals surface area (Å²) >= 11 is 6.62. The van der Waals surface area contributed by atoms with Gasteiger partial charge in [0.1, 0.15) is 12.6 Å². The van der Waals surface area contributed by atoms with Gasteiger partial charge in [0.2, 0.25) is 11.8 Å². The van der Waals surface area contributed by atoms with Crippen molar-refractivity contribution in [2.75, 3.05) is 10.8 Å². The Morgan fingerprint density at radius 1 is 0.851 bits per heavy atom. The number of sulfonamides is 1. The van der Waals surface area contributed by atoms with Gasteiger partial charge in [0.15, 0.2) is 0 Å². The van der Waals surface area contributed by atoms with E-state index >= 15 is 0 Å². The molecule has 0 bridgehead atoms. The molecule has 2 amide bonds. The summed E-state index contributed by atoms with van der Waals surface area (Å²) < 4.78 is 29.7. The maximum atomic E-state index is 14.7. The van der Waals surface area contributed by atoms with Crippen LogP contribution >= 0.6 is 11.6 Å². The molecule has 5 rings (SSSR count). The second-order valence-electron chi connectivity index (χ2n) is 12.3. The van der Waals surface area contributed by atoms with E-state index in [-0.39, 0.29) is 29.8 Å². The van der Waals surface area contributed by atoms with Gasteiger partial charge >= 0.3 is 0 Å². The Kier molecular flexibility index (Phi) is 11.4. The molecule has 7 nitrogen and oxygen atoms in total. The lowest BCUT2D eigenvalue weighted by atomic mass is 9.94. The Bertz CT molecular complexity index is 1780. The zero-order valence-corrected chi connectivity index (χ0v) is 28.5. The quantitative estimate of drug-likeness (QED) is 0.172. The third kappa shape index (κ3) is 8.62. The summed E-state index contributed by atoms with van der Waals surface area (Å²) in [6.45, 7) is 3.23. The molecule has 9 heteroatoms. The molecule has 0 heterocycles. The van der Waals surface area contributed by atoms with Gasteiger partial charge in [-0.15, -0.1) is 0 Å². The van der Waals surface area contributed by atoms with Crippen molar-refractivity contribution in [1.82, 2.24) is 10.2 Å². The Morgan fingerprint density at radius 2 is 1.49 bits per heavy atom. The molecule has 0 aliphatic heterocycles. The van der Waals surface area contributed by atoms with Crippen molar-refractivity contribution in [2.45, 2.75) is 75.9 Å². The fraction of sp³-hybridized carbons (Fsp3) is 0.316. The molecule has 0 saturated heterocycles. The van der Waals surface area contributed by atoms with Crippen LogP contribution in [0.3, 0.4) is 0 Å². The number of carbonyl (C=O) groups excluding carboxylic acids is 2. The largest absolute Gasteiger partial charge is 0.352 e. The van der Waals surface area contributed by atoms with Gasteiger partial charge in [-0.2, -0.15) is 0 Å². The molecule has 1 aliphatic rings. The highest BCUT2D eigenvalue weighted by Crippen LogP contribution is 2.29. The predicted octanol–water partition coefficient (Wildman–Crippen LogP) is 7.24. The van der Waals surface area contributed by atoms with Crippen LogP contribution in [0.1, 0.15) is 54.4 Å². The first-order valence-electron chi connectivity index (χ1n) is 16.2. The maximum Gasteiger partial charge on any atom is 0.264 e. The molecular weight excluding hydrogens is 630 g/mol. The van der Waals surface area contributed by atoms with Gasteiger partial charge in [0.05, 0.1) is 10.6 Å². The maximum absolute atomic E-state index is 14.7. The second-order valence-corrected chi connectivity index (χ2v) is 14.5. The number of amides is 2. The number of rotatable bonds is 12. The number of hydrogen-bond donors (Lipinski definition) is 1. The van der Waals surface area contributed by atoms with Crippen LogP contribution in [0, 0.1) is 13.8 Å². The van der Waals surface area contributed by atoms with E-state index in [0.29, 0.717) is 21.8 Å². The smallest absolute Gasteiger partial charge is 0.264 e. The van der Waals surface area contributed by atoms with E-state index in [4.69, 9.17) is 11.6 Å². The number of aryl methyl sites for hydroxylation is 2. The molecule has 1 atom stereocenters. The summed E-state index contributed by atoms with van der Waals surface area (Å²) in [5, 5.41) is 3.69. The summed E-state index contributed by atoms with van der Waals surface area (Å²) in [6, 6.07) is 29.5. The van der Waals surface area contributed by atoms with Crippen LogP contribution in [0.2, 0.25) is 5.02 Å². The number of benzene rings is 4. The van der Waals surface area contributed by atoms with E-state index < -0.39 is 28.5 Å². The number of halogens is 1.